The van der Waals surface area contributed by atoms with Crippen molar-refractivity contribution in [3.05, 3.63) is 27.1 Å². The lowest BCUT2D eigenvalue weighted by Gasteiger charge is -2.08. The van der Waals surface area contributed by atoms with Crippen LogP contribution in [0.1, 0.15) is 10.4 Å². The minimum atomic E-state index is -1.14. The second kappa shape index (κ2) is 4.51. The molecule has 2 aromatic heterocycles. The average Bonchev–Trinajstić information content (AvgIpc) is 2.59. The van der Waals surface area contributed by atoms with E-state index in [-0.39, 0.29) is 12.1 Å². The van der Waals surface area contributed by atoms with Gasteiger partial charge < -0.3 is 10.8 Å². The highest BCUT2D eigenvalue weighted by molar-refractivity contribution is 7.18. The fourth-order valence-corrected chi connectivity index (χ4v) is 2.68. The van der Waals surface area contributed by atoms with E-state index in [1.807, 2.05) is 13.8 Å². The summed E-state index contributed by atoms with van der Waals surface area (Å²) >= 11 is 1.45. The SMILES string of the molecule is Cc1sc2ncn(CC(N)C(=O)O)c(=O)c2c1C. The van der Waals surface area contributed by atoms with Gasteiger partial charge in [-0.2, -0.15) is 0 Å². The molecule has 0 amide bonds. The van der Waals surface area contributed by atoms with Crippen LogP contribution in [0.5, 0.6) is 0 Å². The third-order valence-corrected chi connectivity index (χ3v) is 3.98. The highest BCUT2D eigenvalue weighted by atomic mass is 32.1. The van der Waals surface area contributed by atoms with Crippen molar-refractivity contribution in [3.63, 3.8) is 0 Å². The predicted octanol–water partition coefficient (Wildman–Crippen LogP) is 0.487. The van der Waals surface area contributed by atoms with Gasteiger partial charge in [0.15, 0.2) is 0 Å². The van der Waals surface area contributed by atoms with Crippen molar-refractivity contribution in [1.82, 2.24) is 9.55 Å². The molecule has 0 radical (unpaired) electrons. The van der Waals surface area contributed by atoms with Crippen LogP contribution in [0.2, 0.25) is 0 Å². The minimum absolute atomic E-state index is 0.0779. The van der Waals surface area contributed by atoms with E-state index in [2.05, 4.69) is 4.98 Å². The van der Waals surface area contributed by atoms with Crippen molar-refractivity contribution >= 4 is 27.5 Å². The van der Waals surface area contributed by atoms with Gasteiger partial charge in [-0.05, 0) is 19.4 Å². The fraction of sp³-hybridized carbons (Fsp3) is 0.364. The van der Waals surface area contributed by atoms with Crippen LogP contribution in [0.15, 0.2) is 11.1 Å². The molecule has 1 atom stereocenters. The summed E-state index contributed by atoms with van der Waals surface area (Å²) < 4.78 is 1.25. The molecule has 7 heteroatoms. The number of hydrogen-bond acceptors (Lipinski definition) is 5. The van der Waals surface area contributed by atoms with Gasteiger partial charge in [-0.1, -0.05) is 0 Å². The molecule has 18 heavy (non-hydrogen) atoms. The van der Waals surface area contributed by atoms with Crippen molar-refractivity contribution in [2.45, 2.75) is 26.4 Å². The van der Waals surface area contributed by atoms with E-state index in [0.717, 1.165) is 10.4 Å². The Morgan fingerprint density at radius 3 is 2.89 bits per heavy atom. The first-order chi connectivity index (χ1) is 8.41. The smallest absolute Gasteiger partial charge is 0.322 e. The maximum Gasteiger partial charge on any atom is 0.322 e. The van der Waals surface area contributed by atoms with Gasteiger partial charge in [0, 0.05) is 4.88 Å². The number of aryl methyl sites for hydroxylation is 2. The Bertz CT molecular complexity index is 674. The lowest BCUT2D eigenvalue weighted by molar-refractivity contribution is -0.138. The van der Waals surface area contributed by atoms with Crippen LogP contribution in [0, 0.1) is 13.8 Å². The Hall–Kier alpha value is -1.73. The molecule has 2 heterocycles. The Morgan fingerprint density at radius 2 is 2.28 bits per heavy atom. The maximum absolute atomic E-state index is 12.2. The van der Waals surface area contributed by atoms with Crippen molar-refractivity contribution in [2.24, 2.45) is 5.73 Å². The third-order valence-electron chi connectivity index (χ3n) is 2.87. The van der Waals surface area contributed by atoms with Gasteiger partial charge in [-0.3, -0.25) is 14.2 Å². The summed E-state index contributed by atoms with van der Waals surface area (Å²) in [6.07, 6.45) is 1.35. The van der Waals surface area contributed by atoms with Crippen LogP contribution in [0.4, 0.5) is 0 Å². The molecule has 2 aromatic rings. The second-order valence-electron chi connectivity index (χ2n) is 4.11. The molecular weight excluding hydrogens is 254 g/mol. The molecule has 0 saturated carbocycles. The van der Waals surface area contributed by atoms with Gasteiger partial charge >= 0.3 is 5.97 Å². The molecule has 96 valence electrons. The van der Waals surface area contributed by atoms with E-state index in [9.17, 15) is 9.59 Å². The predicted molar refractivity (Wildman–Crippen MR) is 69.0 cm³/mol. The summed E-state index contributed by atoms with van der Waals surface area (Å²) in [5.74, 6) is -1.14. The topological polar surface area (TPSA) is 98.2 Å². The number of rotatable bonds is 3. The molecule has 1 unspecified atom stereocenters. The normalized spacial score (nSPS) is 12.8. The molecule has 0 fully saturated rings. The van der Waals surface area contributed by atoms with Crippen molar-refractivity contribution in [2.75, 3.05) is 0 Å². The number of aromatic nitrogens is 2. The first-order valence-corrected chi connectivity index (χ1v) is 6.17. The molecule has 0 aliphatic carbocycles. The van der Waals surface area contributed by atoms with Crippen LogP contribution in [0.3, 0.4) is 0 Å². The van der Waals surface area contributed by atoms with Crippen LogP contribution in [-0.2, 0) is 11.3 Å². The molecule has 0 saturated heterocycles. The number of fused-ring (bicyclic) bond motifs is 1. The van der Waals surface area contributed by atoms with E-state index in [1.54, 1.807) is 0 Å². The fourth-order valence-electron chi connectivity index (χ4n) is 1.69. The Labute approximate surface area is 107 Å². The monoisotopic (exact) mass is 267 g/mol. The van der Waals surface area contributed by atoms with Crippen LogP contribution < -0.4 is 11.3 Å². The quantitative estimate of drug-likeness (QED) is 0.843. The third kappa shape index (κ3) is 2.02. The lowest BCUT2D eigenvalue weighted by atomic mass is 10.2. The van der Waals surface area contributed by atoms with Gasteiger partial charge in [-0.15, -0.1) is 11.3 Å². The molecule has 2 rings (SSSR count). The molecule has 0 aromatic carbocycles. The highest BCUT2D eigenvalue weighted by Gasteiger charge is 2.16. The molecule has 0 spiro atoms. The Balaban J connectivity index is 2.54. The summed E-state index contributed by atoms with van der Waals surface area (Å²) in [6, 6.07) is -1.11. The van der Waals surface area contributed by atoms with E-state index < -0.39 is 12.0 Å². The zero-order valence-electron chi connectivity index (χ0n) is 10.0. The summed E-state index contributed by atoms with van der Waals surface area (Å²) in [7, 11) is 0. The van der Waals surface area contributed by atoms with Gasteiger partial charge in [-0.25, -0.2) is 4.98 Å². The molecule has 3 N–H and O–H groups in total. The largest absolute Gasteiger partial charge is 0.480 e. The standard InChI is InChI=1S/C11H13N3O3S/c1-5-6(2)18-9-8(5)10(15)14(4-13-9)3-7(12)11(16)17/h4,7H,3,12H2,1-2H3,(H,16,17). The van der Waals surface area contributed by atoms with Gasteiger partial charge in [0.05, 0.1) is 18.3 Å². The van der Waals surface area contributed by atoms with Gasteiger partial charge in [0.25, 0.3) is 5.56 Å². The lowest BCUT2D eigenvalue weighted by Crippen LogP contribution is -2.38. The minimum Gasteiger partial charge on any atom is -0.480 e. The summed E-state index contributed by atoms with van der Waals surface area (Å²) in [5.41, 5.74) is 6.08. The van der Waals surface area contributed by atoms with E-state index >= 15 is 0 Å². The van der Waals surface area contributed by atoms with Crippen LogP contribution >= 0.6 is 11.3 Å². The number of carbonyl (C=O) groups is 1. The van der Waals surface area contributed by atoms with E-state index in [4.69, 9.17) is 10.8 Å². The summed E-state index contributed by atoms with van der Waals surface area (Å²) in [4.78, 5) is 28.8. The zero-order valence-corrected chi connectivity index (χ0v) is 10.8. The Morgan fingerprint density at radius 1 is 1.61 bits per heavy atom. The van der Waals surface area contributed by atoms with Crippen molar-refractivity contribution < 1.29 is 9.90 Å². The molecular formula is C11H13N3O3S. The van der Waals surface area contributed by atoms with E-state index in [1.165, 1.54) is 22.2 Å². The Kier molecular flexibility index (Phi) is 3.18. The molecule has 0 aliphatic rings. The van der Waals surface area contributed by atoms with Crippen LogP contribution in [0.25, 0.3) is 10.2 Å². The van der Waals surface area contributed by atoms with Crippen molar-refractivity contribution in [3.8, 4) is 0 Å². The van der Waals surface area contributed by atoms with Crippen molar-refractivity contribution in [1.29, 1.82) is 0 Å². The zero-order chi connectivity index (χ0) is 13.4. The maximum atomic E-state index is 12.2. The summed E-state index contributed by atoms with van der Waals surface area (Å²) in [5, 5.41) is 9.30. The number of carboxylic acid groups (broad SMARTS) is 1. The molecule has 0 bridgehead atoms. The first-order valence-electron chi connectivity index (χ1n) is 5.35. The highest BCUT2D eigenvalue weighted by Crippen LogP contribution is 2.25. The number of aliphatic carboxylic acids is 1. The number of hydrogen-bond donors (Lipinski definition) is 2. The van der Waals surface area contributed by atoms with E-state index in [0.29, 0.717) is 10.2 Å². The second-order valence-corrected chi connectivity index (χ2v) is 5.31. The van der Waals surface area contributed by atoms with Crippen LogP contribution in [-0.4, -0.2) is 26.7 Å². The first kappa shape index (κ1) is 12.7. The van der Waals surface area contributed by atoms with Gasteiger partial charge in [0.2, 0.25) is 0 Å². The number of thiophene rings is 1. The molecule has 0 aliphatic heterocycles. The number of nitrogens with zero attached hydrogens (tertiary/aromatic N) is 2. The molecule has 6 nitrogen and oxygen atoms in total. The number of nitrogens with two attached hydrogens (primary N) is 1. The average molecular weight is 267 g/mol. The van der Waals surface area contributed by atoms with Gasteiger partial charge in [0.1, 0.15) is 10.9 Å². The summed E-state index contributed by atoms with van der Waals surface area (Å²) in [6.45, 7) is 3.71. The number of carboxylic acids is 1.